The van der Waals surface area contributed by atoms with Crippen molar-refractivity contribution in [2.75, 3.05) is 6.79 Å². The maximum atomic E-state index is 12.7. The van der Waals surface area contributed by atoms with Gasteiger partial charge in [0.2, 0.25) is 12.6 Å². The van der Waals surface area contributed by atoms with Crippen LogP contribution in [-0.2, 0) is 6.54 Å². The molecule has 1 aliphatic heterocycles. The van der Waals surface area contributed by atoms with Crippen molar-refractivity contribution in [2.24, 2.45) is 0 Å². The fourth-order valence-corrected chi connectivity index (χ4v) is 3.60. The van der Waals surface area contributed by atoms with Gasteiger partial charge in [-0.15, -0.1) is 0 Å². The number of unbranched alkanes of at least 4 members (excludes halogenated alkanes) is 2. The molecule has 4 aromatic rings. The second-order valence-electron chi connectivity index (χ2n) is 7.35. The Kier molecular flexibility index (Phi) is 4.78. The standard InChI is InChI=1S/C22H20N4O5/c1-2-3-4-9-26-21(27)15-7-5-14(10-16(15)23-22(26)28)20-24-19(25-31-20)13-6-8-17-18(11-13)30-12-29-17/h5-8,10-11H,2-4,9,12H2,1H3,(H,23,28). The molecule has 5 rings (SSSR count). The first kappa shape index (κ1) is 19.1. The zero-order valence-corrected chi connectivity index (χ0v) is 16.9. The summed E-state index contributed by atoms with van der Waals surface area (Å²) in [7, 11) is 0. The van der Waals surface area contributed by atoms with Gasteiger partial charge in [-0.3, -0.25) is 9.36 Å². The first-order chi connectivity index (χ1) is 15.1. The smallest absolute Gasteiger partial charge is 0.328 e. The molecule has 3 heterocycles. The normalized spacial score (nSPS) is 12.5. The van der Waals surface area contributed by atoms with Gasteiger partial charge in [0.1, 0.15) is 0 Å². The zero-order valence-electron chi connectivity index (χ0n) is 16.9. The maximum absolute atomic E-state index is 12.7. The Morgan fingerprint density at radius 2 is 1.87 bits per heavy atom. The van der Waals surface area contributed by atoms with Crippen LogP contribution in [0.5, 0.6) is 11.5 Å². The summed E-state index contributed by atoms with van der Waals surface area (Å²) in [6.45, 7) is 2.67. The number of rotatable bonds is 6. The third kappa shape index (κ3) is 3.48. The Morgan fingerprint density at radius 3 is 2.74 bits per heavy atom. The highest BCUT2D eigenvalue weighted by molar-refractivity contribution is 5.82. The topological polar surface area (TPSA) is 112 Å². The van der Waals surface area contributed by atoms with Crippen LogP contribution >= 0.6 is 0 Å². The minimum absolute atomic E-state index is 0.186. The van der Waals surface area contributed by atoms with Crippen molar-refractivity contribution in [3.05, 3.63) is 57.2 Å². The molecular weight excluding hydrogens is 400 g/mol. The molecule has 0 atom stereocenters. The molecule has 0 bridgehead atoms. The van der Waals surface area contributed by atoms with Crippen molar-refractivity contribution in [1.29, 1.82) is 0 Å². The monoisotopic (exact) mass is 420 g/mol. The molecule has 2 aromatic heterocycles. The van der Waals surface area contributed by atoms with Gasteiger partial charge in [0.05, 0.1) is 10.9 Å². The quantitative estimate of drug-likeness (QED) is 0.476. The minimum atomic E-state index is -0.419. The first-order valence-electron chi connectivity index (χ1n) is 10.1. The van der Waals surface area contributed by atoms with Crippen LogP contribution in [0.3, 0.4) is 0 Å². The molecule has 0 amide bonds. The number of H-pyrrole nitrogens is 1. The number of benzene rings is 2. The molecule has 31 heavy (non-hydrogen) atoms. The van der Waals surface area contributed by atoms with E-state index in [2.05, 4.69) is 22.0 Å². The largest absolute Gasteiger partial charge is 0.454 e. The lowest BCUT2D eigenvalue weighted by Gasteiger charge is -2.06. The van der Waals surface area contributed by atoms with Crippen molar-refractivity contribution in [3.8, 4) is 34.3 Å². The van der Waals surface area contributed by atoms with Crippen LogP contribution < -0.4 is 20.7 Å². The SMILES string of the molecule is CCCCCn1c(=O)[nH]c2cc(-c3nc(-c4ccc5c(c4)OCO5)no3)ccc2c1=O. The molecule has 9 heteroatoms. The van der Waals surface area contributed by atoms with Crippen LogP contribution in [0.4, 0.5) is 0 Å². The van der Waals surface area contributed by atoms with Crippen LogP contribution in [0.25, 0.3) is 33.7 Å². The highest BCUT2D eigenvalue weighted by atomic mass is 16.7. The Bertz CT molecular complexity index is 1380. The van der Waals surface area contributed by atoms with Gasteiger partial charge in [-0.2, -0.15) is 4.98 Å². The molecule has 158 valence electrons. The fourth-order valence-electron chi connectivity index (χ4n) is 3.60. The van der Waals surface area contributed by atoms with Crippen LogP contribution in [-0.4, -0.2) is 26.5 Å². The molecule has 0 saturated carbocycles. The van der Waals surface area contributed by atoms with E-state index in [4.69, 9.17) is 14.0 Å². The van der Waals surface area contributed by atoms with Gasteiger partial charge >= 0.3 is 5.69 Å². The van der Waals surface area contributed by atoms with E-state index in [1.165, 1.54) is 4.57 Å². The number of hydrogen-bond acceptors (Lipinski definition) is 7. The van der Waals surface area contributed by atoms with E-state index in [9.17, 15) is 9.59 Å². The van der Waals surface area contributed by atoms with Crippen LogP contribution in [0.2, 0.25) is 0 Å². The van der Waals surface area contributed by atoms with Gasteiger partial charge in [0, 0.05) is 17.7 Å². The summed E-state index contributed by atoms with van der Waals surface area (Å²) in [5.74, 6) is 1.98. The number of hydrogen-bond donors (Lipinski definition) is 1. The Labute approximate surface area is 176 Å². The number of fused-ring (bicyclic) bond motifs is 2. The van der Waals surface area contributed by atoms with E-state index < -0.39 is 5.69 Å². The Hall–Kier alpha value is -3.88. The second-order valence-corrected chi connectivity index (χ2v) is 7.35. The van der Waals surface area contributed by atoms with Crippen LogP contribution in [0, 0.1) is 0 Å². The third-order valence-corrected chi connectivity index (χ3v) is 5.27. The van der Waals surface area contributed by atoms with Gasteiger partial charge in [-0.25, -0.2) is 4.79 Å². The fraction of sp³-hybridized carbons (Fsp3) is 0.273. The van der Waals surface area contributed by atoms with E-state index in [-0.39, 0.29) is 18.2 Å². The predicted molar refractivity (Wildman–Crippen MR) is 113 cm³/mol. The van der Waals surface area contributed by atoms with Gasteiger partial charge in [-0.05, 0) is 42.8 Å². The Morgan fingerprint density at radius 1 is 1.03 bits per heavy atom. The number of aromatic nitrogens is 4. The molecule has 0 unspecified atom stereocenters. The highest BCUT2D eigenvalue weighted by Gasteiger charge is 2.17. The summed E-state index contributed by atoms with van der Waals surface area (Å²) >= 11 is 0. The van der Waals surface area contributed by atoms with Crippen LogP contribution in [0.1, 0.15) is 26.2 Å². The summed E-state index contributed by atoms with van der Waals surface area (Å²) in [5, 5.41) is 4.48. The number of ether oxygens (including phenoxy) is 2. The van der Waals surface area contributed by atoms with Crippen molar-refractivity contribution >= 4 is 10.9 Å². The molecule has 0 fully saturated rings. The average molecular weight is 420 g/mol. The van der Waals surface area contributed by atoms with Crippen molar-refractivity contribution < 1.29 is 14.0 Å². The van der Waals surface area contributed by atoms with Gasteiger partial charge < -0.3 is 19.0 Å². The molecule has 2 aromatic carbocycles. The highest BCUT2D eigenvalue weighted by Crippen LogP contribution is 2.35. The number of aromatic amines is 1. The third-order valence-electron chi connectivity index (χ3n) is 5.27. The van der Waals surface area contributed by atoms with E-state index in [0.717, 1.165) is 24.8 Å². The molecular formula is C22H20N4O5. The first-order valence-corrected chi connectivity index (χ1v) is 10.1. The lowest BCUT2D eigenvalue weighted by atomic mass is 10.1. The van der Waals surface area contributed by atoms with Crippen molar-refractivity contribution in [2.45, 2.75) is 32.7 Å². The lowest BCUT2D eigenvalue weighted by molar-refractivity contribution is 0.174. The van der Waals surface area contributed by atoms with Gasteiger partial charge in [-0.1, -0.05) is 24.9 Å². The Balaban J connectivity index is 1.48. The summed E-state index contributed by atoms with van der Waals surface area (Å²) in [5.41, 5.74) is 1.04. The average Bonchev–Trinajstić information content (AvgIpc) is 3.45. The summed E-state index contributed by atoms with van der Waals surface area (Å²) < 4.78 is 17.4. The molecule has 0 spiro atoms. The number of nitrogens with one attached hydrogen (secondary N) is 1. The molecule has 1 aliphatic rings. The van der Waals surface area contributed by atoms with E-state index in [0.29, 0.717) is 40.3 Å². The predicted octanol–water partition coefficient (Wildman–Crippen LogP) is 3.33. The van der Waals surface area contributed by atoms with Gasteiger partial charge in [0.15, 0.2) is 11.5 Å². The summed E-state index contributed by atoms with van der Waals surface area (Å²) in [6.07, 6.45) is 2.77. The number of nitrogens with zero attached hydrogens (tertiary/aromatic N) is 3. The van der Waals surface area contributed by atoms with Crippen molar-refractivity contribution in [1.82, 2.24) is 19.7 Å². The van der Waals surface area contributed by atoms with Crippen LogP contribution in [0.15, 0.2) is 50.5 Å². The molecule has 0 saturated heterocycles. The summed E-state index contributed by atoms with van der Waals surface area (Å²) in [4.78, 5) is 32.4. The molecule has 1 N–H and O–H groups in total. The van der Waals surface area contributed by atoms with Crippen molar-refractivity contribution in [3.63, 3.8) is 0 Å². The molecule has 0 radical (unpaired) electrons. The molecule has 9 nitrogen and oxygen atoms in total. The molecule has 0 aliphatic carbocycles. The summed E-state index contributed by atoms with van der Waals surface area (Å²) in [6, 6.07) is 10.5. The zero-order chi connectivity index (χ0) is 21.4. The van der Waals surface area contributed by atoms with E-state index >= 15 is 0 Å². The maximum Gasteiger partial charge on any atom is 0.328 e. The van der Waals surface area contributed by atoms with E-state index in [1.54, 1.807) is 30.3 Å². The van der Waals surface area contributed by atoms with E-state index in [1.807, 2.05) is 6.07 Å². The minimum Gasteiger partial charge on any atom is -0.454 e. The second kappa shape index (κ2) is 7.75. The van der Waals surface area contributed by atoms with Gasteiger partial charge in [0.25, 0.3) is 11.4 Å². The lowest BCUT2D eigenvalue weighted by Crippen LogP contribution is -2.35.